The minimum atomic E-state index is 0.246. The molecule has 0 spiro atoms. The first-order valence-electron chi connectivity index (χ1n) is 3.75. The highest BCUT2D eigenvalue weighted by Gasteiger charge is 1.78. The van der Waals surface area contributed by atoms with Crippen molar-refractivity contribution in [3.63, 3.8) is 0 Å². The second kappa shape index (κ2) is 6.56. The molecule has 1 N–H and O–H groups in total. The summed E-state index contributed by atoms with van der Waals surface area (Å²) in [5, 5.41) is 8.44. The predicted molar refractivity (Wildman–Crippen MR) is 44.9 cm³/mol. The number of allylic oxidation sites excluding steroid dienone is 3. The summed E-state index contributed by atoms with van der Waals surface area (Å²) < 4.78 is 0. The molecule has 0 bridgehead atoms. The quantitative estimate of drug-likeness (QED) is 0.594. The van der Waals surface area contributed by atoms with Gasteiger partial charge in [0.1, 0.15) is 0 Å². The summed E-state index contributed by atoms with van der Waals surface area (Å²) in [5.74, 6) is 0. The van der Waals surface area contributed by atoms with Gasteiger partial charge in [-0.05, 0) is 19.8 Å². The van der Waals surface area contributed by atoms with Gasteiger partial charge >= 0.3 is 0 Å². The highest BCUT2D eigenvalue weighted by Crippen LogP contribution is 1.97. The molecule has 0 fully saturated rings. The first-order chi connectivity index (χ1) is 4.81. The molecule has 58 valence electrons. The fraction of sp³-hybridized carbons (Fsp3) is 0.556. The second-order valence-corrected chi connectivity index (χ2v) is 2.27. The zero-order valence-corrected chi connectivity index (χ0v) is 6.80. The summed E-state index contributed by atoms with van der Waals surface area (Å²) >= 11 is 0. The standard InChI is InChI=1S/C9H16O/c1-3-6-9(2)7-4-5-8-10/h4,6-7,10H,3,5,8H2,1-2H3. The van der Waals surface area contributed by atoms with Crippen LogP contribution in [0.5, 0.6) is 0 Å². The van der Waals surface area contributed by atoms with Gasteiger partial charge in [0.05, 0.1) is 0 Å². The number of aliphatic hydroxyl groups is 1. The van der Waals surface area contributed by atoms with Crippen molar-refractivity contribution in [2.45, 2.75) is 26.7 Å². The average Bonchev–Trinajstić information content (AvgIpc) is 1.89. The first kappa shape index (κ1) is 9.44. The largest absolute Gasteiger partial charge is 0.396 e. The molecule has 0 saturated carbocycles. The summed E-state index contributed by atoms with van der Waals surface area (Å²) in [4.78, 5) is 0. The van der Waals surface area contributed by atoms with E-state index in [1.165, 1.54) is 5.57 Å². The molecule has 0 saturated heterocycles. The van der Waals surface area contributed by atoms with Gasteiger partial charge in [0.25, 0.3) is 0 Å². The number of hydrogen-bond acceptors (Lipinski definition) is 1. The minimum Gasteiger partial charge on any atom is -0.396 e. The van der Waals surface area contributed by atoms with Crippen LogP contribution >= 0.6 is 0 Å². The molecular formula is C9H16O. The normalized spacial score (nSPS) is 12.9. The van der Waals surface area contributed by atoms with E-state index in [9.17, 15) is 0 Å². The van der Waals surface area contributed by atoms with Gasteiger partial charge in [0.15, 0.2) is 0 Å². The molecule has 0 aliphatic rings. The van der Waals surface area contributed by atoms with Gasteiger partial charge in [0.2, 0.25) is 0 Å². The molecule has 1 heteroatoms. The van der Waals surface area contributed by atoms with Crippen molar-refractivity contribution in [3.8, 4) is 0 Å². The van der Waals surface area contributed by atoms with Gasteiger partial charge in [0, 0.05) is 6.61 Å². The SMILES string of the molecule is CCC=C(C)C=CCCO. The van der Waals surface area contributed by atoms with Crippen molar-refractivity contribution < 1.29 is 5.11 Å². The lowest BCUT2D eigenvalue weighted by Gasteiger charge is -1.88. The maximum absolute atomic E-state index is 8.44. The van der Waals surface area contributed by atoms with Crippen LogP contribution in [0, 0.1) is 0 Å². The topological polar surface area (TPSA) is 20.2 Å². The van der Waals surface area contributed by atoms with E-state index >= 15 is 0 Å². The predicted octanol–water partition coefficient (Wildman–Crippen LogP) is 2.28. The van der Waals surface area contributed by atoms with Crippen molar-refractivity contribution in [3.05, 3.63) is 23.8 Å². The van der Waals surface area contributed by atoms with Crippen LogP contribution < -0.4 is 0 Å². The molecule has 10 heavy (non-hydrogen) atoms. The summed E-state index contributed by atoms with van der Waals surface area (Å²) in [6.45, 7) is 4.43. The highest BCUT2D eigenvalue weighted by molar-refractivity contribution is 5.15. The van der Waals surface area contributed by atoms with E-state index in [1.807, 2.05) is 12.2 Å². The Bertz CT molecular complexity index is 123. The van der Waals surface area contributed by atoms with Crippen molar-refractivity contribution in [2.24, 2.45) is 0 Å². The van der Waals surface area contributed by atoms with Crippen LogP contribution in [0.4, 0.5) is 0 Å². The maximum atomic E-state index is 8.44. The van der Waals surface area contributed by atoms with E-state index in [2.05, 4.69) is 19.9 Å². The molecule has 1 nitrogen and oxygen atoms in total. The third-order valence-electron chi connectivity index (χ3n) is 1.20. The Morgan fingerprint density at radius 3 is 2.70 bits per heavy atom. The molecule has 0 heterocycles. The summed E-state index contributed by atoms with van der Waals surface area (Å²) in [6, 6.07) is 0. The molecule has 0 radical (unpaired) electrons. The van der Waals surface area contributed by atoms with E-state index < -0.39 is 0 Å². The van der Waals surface area contributed by atoms with Gasteiger partial charge in [-0.1, -0.05) is 30.7 Å². The third-order valence-corrected chi connectivity index (χ3v) is 1.20. The van der Waals surface area contributed by atoms with Crippen molar-refractivity contribution in [1.29, 1.82) is 0 Å². The zero-order valence-electron chi connectivity index (χ0n) is 6.80. The summed E-state index contributed by atoms with van der Waals surface area (Å²) in [6.07, 6.45) is 8.03. The molecule has 0 aromatic rings. The van der Waals surface area contributed by atoms with Crippen LogP contribution in [0.15, 0.2) is 23.8 Å². The lowest BCUT2D eigenvalue weighted by atomic mass is 10.2. The fourth-order valence-electron chi connectivity index (χ4n) is 0.734. The molecule has 0 amide bonds. The minimum absolute atomic E-state index is 0.246. The number of aliphatic hydroxyl groups excluding tert-OH is 1. The monoisotopic (exact) mass is 140 g/mol. The fourth-order valence-corrected chi connectivity index (χ4v) is 0.734. The van der Waals surface area contributed by atoms with E-state index in [0.717, 1.165) is 12.8 Å². The molecule has 0 aromatic heterocycles. The van der Waals surface area contributed by atoms with Gasteiger partial charge in [-0.3, -0.25) is 0 Å². The van der Waals surface area contributed by atoms with Crippen LogP contribution in [0.3, 0.4) is 0 Å². The molecule has 0 unspecified atom stereocenters. The Kier molecular flexibility index (Phi) is 6.19. The van der Waals surface area contributed by atoms with Gasteiger partial charge < -0.3 is 5.11 Å². The summed E-state index contributed by atoms with van der Waals surface area (Å²) in [7, 11) is 0. The van der Waals surface area contributed by atoms with Gasteiger partial charge in [-0.15, -0.1) is 0 Å². The Balaban J connectivity index is 3.55. The zero-order chi connectivity index (χ0) is 7.82. The van der Waals surface area contributed by atoms with Gasteiger partial charge in [-0.25, -0.2) is 0 Å². The molecule has 0 rings (SSSR count). The molecule has 0 aliphatic heterocycles. The Morgan fingerprint density at radius 1 is 1.50 bits per heavy atom. The Hall–Kier alpha value is -0.560. The molecule has 0 aliphatic carbocycles. The Labute approximate surface area is 63.1 Å². The van der Waals surface area contributed by atoms with Crippen LogP contribution in [0.2, 0.25) is 0 Å². The smallest absolute Gasteiger partial charge is 0.0465 e. The van der Waals surface area contributed by atoms with E-state index in [0.29, 0.717) is 0 Å². The number of hydrogen-bond donors (Lipinski definition) is 1. The third kappa shape index (κ3) is 5.57. The van der Waals surface area contributed by atoms with Gasteiger partial charge in [-0.2, -0.15) is 0 Å². The van der Waals surface area contributed by atoms with E-state index in [1.54, 1.807) is 0 Å². The van der Waals surface area contributed by atoms with Crippen LogP contribution in [0.25, 0.3) is 0 Å². The van der Waals surface area contributed by atoms with E-state index in [4.69, 9.17) is 5.11 Å². The van der Waals surface area contributed by atoms with E-state index in [-0.39, 0.29) is 6.61 Å². The van der Waals surface area contributed by atoms with Crippen molar-refractivity contribution >= 4 is 0 Å². The number of rotatable bonds is 4. The average molecular weight is 140 g/mol. The highest BCUT2D eigenvalue weighted by atomic mass is 16.2. The Morgan fingerprint density at radius 2 is 2.20 bits per heavy atom. The first-order valence-corrected chi connectivity index (χ1v) is 3.75. The molecule has 0 atom stereocenters. The van der Waals surface area contributed by atoms with Crippen molar-refractivity contribution in [1.82, 2.24) is 0 Å². The summed E-state index contributed by atoms with van der Waals surface area (Å²) in [5.41, 5.74) is 1.27. The van der Waals surface area contributed by atoms with Crippen LogP contribution in [0.1, 0.15) is 26.7 Å². The molecular weight excluding hydrogens is 124 g/mol. The lowest BCUT2D eigenvalue weighted by Crippen LogP contribution is -1.75. The second-order valence-electron chi connectivity index (χ2n) is 2.27. The lowest BCUT2D eigenvalue weighted by molar-refractivity contribution is 0.302. The van der Waals surface area contributed by atoms with Crippen LogP contribution in [-0.2, 0) is 0 Å². The van der Waals surface area contributed by atoms with Crippen LogP contribution in [-0.4, -0.2) is 11.7 Å². The maximum Gasteiger partial charge on any atom is 0.0465 e. The molecule has 0 aromatic carbocycles. The van der Waals surface area contributed by atoms with Crippen molar-refractivity contribution in [2.75, 3.05) is 6.61 Å².